The highest BCUT2D eigenvalue weighted by atomic mass is 15.2. The molecule has 0 saturated carbocycles. The van der Waals surface area contributed by atoms with Crippen LogP contribution in [0.5, 0.6) is 0 Å². The third-order valence-corrected chi connectivity index (χ3v) is 3.24. The zero-order valence-corrected chi connectivity index (χ0v) is 10.2. The van der Waals surface area contributed by atoms with Gasteiger partial charge in [0.15, 0.2) is 5.82 Å². The predicted molar refractivity (Wildman–Crippen MR) is 65.7 cm³/mol. The minimum Gasteiger partial charge on any atom is -0.366 e. The Morgan fingerprint density at radius 2 is 2.29 bits per heavy atom. The van der Waals surface area contributed by atoms with E-state index in [9.17, 15) is 0 Å². The maximum absolute atomic E-state index is 9.14. The van der Waals surface area contributed by atoms with E-state index in [1.165, 1.54) is 12.8 Å². The summed E-state index contributed by atoms with van der Waals surface area (Å²) in [6, 6.07) is 2.67. The van der Waals surface area contributed by atoms with Crippen LogP contribution in [0.2, 0.25) is 0 Å². The molecule has 1 aromatic rings. The Morgan fingerprint density at radius 3 is 2.94 bits per heavy atom. The van der Waals surface area contributed by atoms with Crippen LogP contribution in [0.3, 0.4) is 0 Å². The molecule has 0 bridgehead atoms. The van der Waals surface area contributed by atoms with Crippen molar-refractivity contribution in [2.45, 2.75) is 32.7 Å². The fraction of sp³-hybridized carbons (Fsp3) is 0.583. The molecule has 1 aromatic heterocycles. The van der Waals surface area contributed by atoms with Gasteiger partial charge < -0.3 is 10.6 Å². The van der Waals surface area contributed by atoms with Crippen molar-refractivity contribution in [3.8, 4) is 6.07 Å². The van der Waals surface area contributed by atoms with Gasteiger partial charge in [0.25, 0.3) is 0 Å². The molecule has 2 N–H and O–H groups in total. The van der Waals surface area contributed by atoms with Crippen LogP contribution in [-0.4, -0.2) is 29.3 Å². The first-order valence-electron chi connectivity index (χ1n) is 5.93. The van der Waals surface area contributed by atoms with Gasteiger partial charge in [-0.3, -0.25) is 0 Å². The Hall–Kier alpha value is -1.67. The maximum atomic E-state index is 9.14. The quantitative estimate of drug-likeness (QED) is 0.815. The van der Waals surface area contributed by atoms with Crippen molar-refractivity contribution >= 4 is 5.82 Å². The van der Waals surface area contributed by atoms with Gasteiger partial charge in [-0.15, -0.1) is 5.10 Å². The van der Waals surface area contributed by atoms with E-state index in [1.807, 2.05) is 13.8 Å². The molecule has 90 valence electrons. The molecule has 1 saturated heterocycles. The van der Waals surface area contributed by atoms with Crippen LogP contribution in [0.15, 0.2) is 0 Å². The Balaban J connectivity index is 2.10. The van der Waals surface area contributed by atoms with Gasteiger partial charge in [0, 0.05) is 12.6 Å². The summed E-state index contributed by atoms with van der Waals surface area (Å²) in [5, 5.41) is 23.9. The van der Waals surface area contributed by atoms with Gasteiger partial charge in [0.2, 0.25) is 0 Å². The third-order valence-electron chi connectivity index (χ3n) is 3.24. The SMILES string of the molecule is Cc1nnc(NCC2CCCN2)c(C#N)c1C. The Kier molecular flexibility index (Phi) is 3.55. The number of hydrogen-bond donors (Lipinski definition) is 2. The zero-order valence-electron chi connectivity index (χ0n) is 10.2. The number of rotatable bonds is 3. The van der Waals surface area contributed by atoms with Crippen molar-refractivity contribution < 1.29 is 0 Å². The molecule has 0 amide bonds. The summed E-state index contributed by atoms with van der Waals surface area (Å²) in [5.41, 5.74) is 2.32. The van der Waals surface area contributed by atoms with Crippen molar-refractivity contribution in [3.05, 3.63) is 16.8 Å². The molecular weight excluding hydrogens is 214 g/mol. The molecule has 17 heavy (non-hydrogen) atoms. The van der Waals surface area contributed by atoms with Crippen LogP contribution in [0.25, 0.3) is 0 Å². The summed E-state index contributed by atoms with van der Waals surface area (Å²) in [4.78, 5) is 0. The second-order valence-electron chi connectivity index (χ2n) is 4.42. The summed E-state index contributed by atoms with van der Waals surface area (Å²) < 4.78 is 0. The molecule has 2 heterocycles. The first-order chi connectivity index (χ1) is 8.22. The van der Waals surface area contributed by atoms with E-state index in [0.717, 1.165) is 24.3 Å². The largest absolute Gasteiger partial charge is 0.366 e. The highest BCUT2D eigenvalue weighted by Crippen LogP contribution is 2.17. The number of aromatic nitrogens is 2. The number of nitrogens with zero attached hydrogens (tertiary/aromatic N) is 3. The normalized spacial score (nSPS) is 19.0. The van der Waals surface area contributed by atoms with Crippen LogP contribution in [0.4, 0.5) is 5.82 Å². The molecule has 0 radical (unpaired) electrons. The van der Waals surface area contributed by atoms with Crippen LogP contribution < -0.4 is 10.6 Å². The summed E-state index contributed by atoms with van der Waals surface area (Å²) in [6.45, 7) is 5.65. The van der Waals surface area contributed by atoms with E-state index in [4.69, 9.17) is 5.26 Å². The van der Waals surface area contributed by atoms with Gasteiger partial charge >= 0.3 is 0 Å². The van der Waals surface area contributed by atoms with E-state index in [2.05, 4.69) is 26.9 Å². The van der Waals surface area contributed by atoms with E-state index in [-0.39, 0.29) is 0 Å². The topological polar surface area (TPSA) is 73.6 Å². The molecule has 1 fully saturated rings. The molecule has 0 aromatic carbocycles. The molecule has 1 atom stereocenters. The average Bonchev–Trinajstić information content (AvgIpc) is 2.83. The first kappa shape index (κ1) is 11.8. The number of nitriles is 1. The van der Waals surface area contributed by atoms with Gasteiger partial charge in [-0.25, -0.2) is 0 Å². The highest BCUT2D eigenvalue weighted by molar-refractivity contribution is 5.55. The standard InChI is InChI=1S/C12H17N5/c1-8-9(2)16-17-12(11(8)6-13)15-7-10-4-3-5-14-10/h10,14H,3-5,7H2,1-2H3,(H,15,17). The second-order valence-corrected chi connectivity index (χ2v) is 4.42. The minimum absolute atomic E-state index is 0.477. The number of nitrogens with one attached hydrogen (secondary N) is 2. The lowest BCUT2D eigenvalue weighted by Gasteiger charge is -2.13. The van der Waals surface area contributed by atoms with Crippen molar-refractivity contribution in [2.75, 3.05) is 18.4 Å². The Morgan fingerprint density at radius 1 is 1.47 bits per heavy atom. The van der Waals surface area contributed by atoms with Gasteiger partial charge in [-0.05, 0) is 38.8 Å². The lowest BCUT2D eigenvalue weighted by Crippen LogP contribution is -2.30. The van der Waals surface area contributed by atoms with Crippen molar-refractivity contribution in [2.24, 2.45) is 0 Å². The maximum Gasteiger partial charge on any atom is 0.166 e. The fourth-order valence-corrected chi connectivity index (χ4v) is 2.02. The molecule has 1 aliphatic rings. The Labute approximate surface area is 101 Å². The van der Waals surface area contributed by atoms with Crippen LogP contribution >= 0.6 is 0 Å². The van der Waals surface area contributed by atoms with Crippen molar-refractivity contribution in [3.63, 3.8) is 0 Å². The van der Waals surface area contributed by atoms with E-state index < -0.39 is 0 Å². The summed E-state index contributed by atoms with van der Waals surface area (Å²) in [7, 11) is 0. The van der Waals surface area contributed by atoms with E-state index >= 15 is 0 Å². The molecule has 1 aliphatic heterocycles. The molecule has 5 heteroatoms. The van der Waals surface area contributed by atoms with E-state index in [0.29, 0.717) is 17.4 Å². The molecule has 0 spiro atoms. The first-order valence-corrected chi connectivity index (χ1v) is 5.93. The fourth-order valence-electron chi connectivity index (χ4n) is 2.02. The van der Waals surface area contributed by atoms with Crippen LogP contribution in [0.1, 0.15) is 29.7 Å². The van der Waals surface area contributed by atoms with Crippen molar-refractivity contribution in [1.29, 1.82) is 5.26 Å². The minimum atomic E-state index is 0.477. The van der Waals surface area contributed by atoms with Crippen LogP contribution in [-0.2, 0) is 0 Å². The third kappa shape index (κ3) is 2.53. The summed E-state index contributed by atoms with van der Waals surface area (Å²) >= 11 is 0. The lowest BCUT2D eigenvalue weighted by atomic mass is 10.1. The lowest BCUT2D eigenvalue weighted by molar-refractivity contribution is 0.631. The molecule has 5 nitrogen and oxygen atoms in total. The van der Waals surface area contributed by atoms with Gasteiger partial charge in [-0.2, -0.15) is 10.4 Å². The monoisotopic (exact) mass is 231 g/mol. The van der Waals surface area contributed by atoms with Crippen LogP contribution in [0, 0.1) is 25.2 Å². The average molecular weight is 231 g/mol. The number of hydrogen-bond acceptors (Lipinski definition) is 5. The highest BCUT2D eigenvalue weighted by Gasteiger charge is 2.16. The molecular formula is C12H17N5. The number of aryl methyl sites for hydroxylation is 1. The van der Waals surface area contributed by atoms with E-state index in [1.54, 1.807) is 0 Å². The molecule has 1 unspecified atom stereocenters. The van der Waals surface area contributed by atoms with Crippen molar-refractivity contribution in [1.82, 2.24) is 15.5 Å². The summed E-state index contributed by atoms with van der Waals surface area (Å²) in [5.74, 6) is 0.601. The molecule has 2 rings (SSSR count). The zero-order chi connectivity index (χ0) is 12.3. The van der Waals surface area contributed by atoms with Gasteiger partial charge in [-0.1, -0.05) is 0 Å². The summed E-state index contributed by atoms with van der Waals surface area (Å²) in [6.07, 6.45) is 2.39. The Bertz CT molecular complexity index is 443. The van der Waals surface area contributed by atoms with Gasteiger partial charge in [0.1, 0.15) is 11.6 Å². The second kappa shape index (κ2) is 5.11. The molecule has 0 aliphatic carbocycles. The predicted octanol–water partition coefficient (Wildman–Crippen LogP) is 1.13. The smallest absolute Gasteiger partial charge is 0.166 e. The van der Waals surface area contributed by atoms with Gasteiger partial charge in [0.05, 0.1) is 5.69 Å². The number of anilines is 1.